The number of carboxylic acids is 1. The molecule has 11 heavy (non-hydrogen) atoms. The molecule has 1 aliphatic carbocycles. The van der Waals surface area contributed by atoms with Crippen LogP contribution in [0.1, 0.15) is 12.8 Å². The Morgan fingerprint density at radius 2 is 2.36 bits per heavy atom. The van der Waals surface area contributed by atoms with Gasteiger partial charge in [-0.05, 0) is 18.4 Å². The number of aliphatic carboxylic acids is 1. The third-order valence-corrected chi connectivity index (χ3v) is 1.97. The van der Waals surface area contributed by atoms with Gasteiger partial charge in [0.2, 0.25) is 0 Å². The molecule has 0 radical (unpaired) electrons. The molecule has 0 heterocycles. The van der Waals surface area contributed by atoms with Crippen LogP contribution >= 0.6 is 11.6 Å². The summed E-state index contributed by atoms with van der Waals surface area (Å²) in [6, 6.07) is 0. The topological polar surface area (TPSA) is 37.3 Å². The third kappa shape index (κ3) is 2.09. The Bertz CT molecular complexity index is 218. The fraction of sp³-hybridized carbons (Fsp3) is 0.375. The Morgan fingerprint density at radius 1 is 1.64 bits per heavy atom. The number of rotatable bonds is 2. The van der Waals surface area contributed by atoms with Gasteiger partial charge in [-0.15, -0.1) is 11.6 Å². The first-order valence-electron chi connectivity index (χ1n) is 3.45. The molecular formula is C8H9ClO2. The maximum absolute atomic E-state index is 10.4. The summed E-state index contributed by atoms with van der Waals surface area (Å²) in [6.07, 6.45) is 7.45. The molecule has 1 aliphatic rings. The van der Waals surface area contributed by atoms with Gasteiger partial charge in [0.15, 0.2) is 5.38 Å². The van der Waals surface area contributed by atoms with Crippen molar-refractivity contribution in [2.75, 3.05) is 0 Å². The molecule has 0 amide bonds. The van der Waals surface area contributed by atoms with Gasteiger partial charge in [0.05, 0.1) is 0 Å². The quantitative estimate of drug-likeness (QED) is 0.647. The predicted molar refractivity (Wildman–Crippen MR) is 43.7 cm³/mol. The number of allylic oxidation sites excluding steroid dienone is 3. The van der Waals surface area contributed by atoms with Crippen LogP contribution < -0.4 is 0 Å². The van der Waals surface area contributed by atoms with Gasteiger partial charge in [-0.3, -0.25) is 4.79 Å². The van der Waals surface area contributed by atoms with E-state index in [1.54, 1.807) is 6.08 Å². The van der Waals surface area contributed by atoms with E-state index in [-0.39, 0.29) is 0 Å². The molecule has 0 saturated heterocycles. The molecule has 2 nitrogen and oxygen atoms in total. The third-order valence-electron chi connectivity index (χ3n) is 1.53. The highest BCUT2D eigenvalue weighted by Crippen LogP contribution is 2.17. The molecule has 0 aliphatic heterocycles. The Labute approximate surface area is 70.2 Å². The van der Waals surface area contributed by atoms with Gasteiger partial charge in [-0.1, -0.05) is 18.2 Å². The summed E-state index contributed by atoms with van der Waals surface area (Å²) in [4.78, 5) is 10.4. The molecule has 1 unspecified atom stereocenters. The minimum absolute atomic E-state index is 0.699. The second-order valence-corrected chi connectivity index (χ2v) is 2.82. The van der Waals surface area contributed by atoms with Gasteiger partial charge in [0.25, 0.3) is 0 Å². The standard InChI is InChI=1S/C8H9ClO2/c9-7(8(10)11)6-4-2-1-3-5-6/h2,4-5,7H,1,3H2,(H,10,11). The van der Waals surface area contributed by atoms with Gasteiger partial charge in [0, 0.05) is 0 Å². The second-order valence-electron chi connectivity index (χ2n) is 2.38. The van der Waals surface area contributed by atoms with Gasteiger partial charge in [0.1, 0.15) is 0 Å². The molecule has 3 heteroatoms. The lowest BCUT2D eigenvalue weighted by Crippen LogP contribution is -2.15. The van der Waals surface area contributed by atoms with Crippen molar-refractivity contribution >= 4 is 17.6 Å². The van der Waals surface area contributed by atoms with Crippen molar-refractivity contribution in [3.8, 4) is 0 Å². The van der Waals surface area contributed by atoms with Crippen molar-refractivity contribution < 1.29 is 9.90 Å². The summed E-state index contributed by atoms with van der Waals surface area (Å²) < 4.78 is 0. The molecule has 0 aromatic carbocycles. The first-order valence-corrected chi connectivity index (χ1v) is 3.89. The highest BCUT2D eigenvalue weighted by atomic mass is 35.5. The Hall–Kier alpha value is -0.760. The van der Waals surface area contributed by atoms with Crippen LogP contribution in [-0.2, 0) is 4.79 Å². The molecule has 0 aromatic rings. The van der Waals surface area contributed by atoms with E-state index < -0.39 is 11.3 Å². The van der Waals surface area contributed by atoms with E-state index in [4.69, 9.17) is 16.7 Å². The van der Waals surface area contributed by atoms with E-state index in [1.807, 2.05) is 12.2 Å². The van der Waals surface area contributed by atoms with E-state index >= 15 is 0 Å². The first-order chi connectivity index (χ1) is 5.22. The summed E-state index contributed by atoms with van der Waals surface area (Å²) in [5.74, 6) is -0.982. The van der Waals surface area contributed by atoms with Gasteiger partial charge in [-0.2, -0.15) is 0 Å². The number of hydrogen-bond donors (Lipinski definition) is 1. The number of halogens is 1. The Kier molecular flexibility index (Phi) is 2.71. The lowest BCUT2D eigenvalue weighted by molar-refractivity contribution is -0.135. The first kappa shape index (κ1) is 8.34. The zero-order chi connectivity index (χ0) is 8.27. The highest BCUT2D eigenvalue weighted by molar-refractivity contribution is 6.32. The van der Waals surface area contributed by atoms with Crippen molar-refractivity contribution in [3.05, 3.63) is 23.8 Å². The molecule has 1 rings (SSSR count). The number of carbonyl (C=O) groups is 1. The van der Waals surface area contributed by atoms with E-state index in [0.29, 0.717) is 5.57 Å². The molecule has 1 N–H and O–H groups in total. The van der Waals surface area contributed by atoms with Crippen molar-refractivity contribution in [2.45, 2.75) is 18.2 Å². The van der Waals surface area contributed by atoms with Crippen molar-refractivity contribution in [1.29, 1.82) is 0 Å². The number of alkyl halides is 1. The minimum Gasteiger partial charge on any atom is -0.480 e. The number of carboxylic acid groups (broad SMARTS) is 1. The lowest BCUT2D eigenvalue weighted by atomic mass is 10.0. The van der Waals surface area contributed by atoms with Crippen LogP contribution in [0.2, 0.25) is 0 Å². The molecule has 60 valence electrons. The van der Waals surface area contributed by atoms with Crippen molar-refractivity contribution in [3.63, 3.8) is 0 Å². The SMILES string of the molecule is O=C(O)C(Cl)C1=CCCC=C1. The van der Waals surface area contributed by atoms with Gasteiger partial charge in [-0.25, -0.2) is 0 Å². The molecule has 0 fully saturated rings. The van der Waals surface area contributed by atoms with Crippen LogP contribution in [-0.4, -0.2) is 16.5 Å². The Morgan fingerprint density at radius 3 is 2.82 bits per heavy atom. The largest absolute Gasteiger partial charge is 0.480 e. The van der Waals surface area contributed by atoms with Gasteiger partial charge >= 0.3 is 5.97 Å². The average Bonchev–Trinajstić information content (AvgIpc) is 2.05. The summed E-state index contributed by atoms with van der Waals surface area (Å²) >= 11 is 5.58. The van der Waals surface area contributed by atoms with Crippen LogP contribution in [0.3, 0.4) is 0 Å². The second kappa shape index (κ2) is 3.58. The molecule has 0 bridgehead atoms. The summed E-state index contributed by atoms with van der Waals surface area (Å²) in [5, 5.41) is 7.64. The zero-order valence-electron chi connectivity index (χ0n) is 5.96. The van der Waals surface area contributed by atoms with Gasteiger partial charge < -0.3 is 5.11 Å². The van der Waals surface area contributed by atoms with E-state index in [1.165, 1.54) is 0 Å². The average molecular weight is 173 g/mol. The summed E-state index contributed by atoms with van der Waals surface area (Å²) in [5.41, 5.74) is 0.699. The van der Waals surface area contributed by atoms with Crippen molar-refractivity contribution in [2.24, 2.45) is 0 Å². The molecule has 0 spiro atoms. The summed E-state index contributed by atoms with van der Waals surface area (Å²) in [6.45, 7) is 0. The van der Waals surface area contributed by atoms with Crippen LogP contribution in [0.25, 0.3) is 0 Å². The fourth-order valence-corrected chi connectivity index (χ4v) is 1.13. The van der Waals surface area contributed by atoms with E-state index in [2.05, 4.69) is 0 Å². The lowest BCUT2D eigenvalue weighted by Gasteiger charge is -2.08. The molecule has 0 saturated carbocycles. The maximum atomic E-state index is 10.4. The van der Waals surface area contributed by atoms with E-state index in [9.17, 15) is 4.79 Å². The van der Waals surface area contributed by atoms with Crippen LogP contribution in [0.4, 0.5) is 0 Å². The van der Waals surface area contributed by atoms with Crippen LogP contribution in [0, 0.1) is 0 Å². The highest BCUT2D eigenvalue weighted by Gasteiger charge is 2.17. The van der Waals surface area contributed by atoms with Crippen LogP contribution in [0.15, 0.2) is 23.8 Å². The van der Waals surface area contributed by atoms with E-state index in [0.717, 1.165) is 12.8 Å². The smallest absolute Gasteiger partial charge is 0.326 e. The van der Waals surface area contributed by atoms with Crippen molar-refractivity contribution in [1.82, 2.24) is 0 Å². The maximum Gasteiger partial charge on any atom is 0.326 e. The minimum atomic E-state index is -0.982. The Balaban J connectivity index is 2.66. The monoisotopic (exact) mass is 172 g/mol. The zero-order valence-corrected chi connectivity index (χ0v) is 6.71. The molecule has 1 atom stereocenters. The normalized spacial score (nSPS) is 19.2. The predicted octanol–water partition coefficient (Wildman–Crippen LogP) is 1.95. The molecule has 0 aromatic heterocycles. The molecular weight excluding hydrogens is 164 g/mol. The fourth-order valence-electron chi connectivity index (χ4n) is 0.964. The van der Waals surface area contributed by atoms with Crippen LogP contribution in [0.5, 0.6) is 0 Å². The summed E-state index contributed by atoms with van der Waals surface area (Å²) in [7, 11) is 0. The number of hydrogen-bond acceptors (Lipinski definition) is 1.